The number of rotatable bonds is 9. The Bertz CT molecular complexity index is 1220. The van der Waals surface area contributed by atoms with Crippen molar-refractivity contribution in [2.75, 3.05) is 12.2 Å². The molecule has 0 amide bonds. The van der Waals surface area contributed by atoms with Gasteiger partial charge in [0.05, 0.1) is 18.1 Å². The second-order valence-corrected chi connectivity index (χ2v) is 16.7. The highest BCUT2D eigenvalue weighted by molar-refractivity contribution is 7.98. The Morgan fingerprint density at radius 3 is 2.14 bits per heavy atom. The van der Waals surface area contributed by atoms with Crippen LogP contribution in [0.3, 0.4) is 0 Å². The lowest BCUT2D eigenvalue weighted by Gasteiger charge is -2.44. The van der Waals surface area contributed by atoms with Gasteiger partial charge < -0.3 is 19.4 Å². The van der Waals surface area contributed by atoms with Crippen LogP contribution in [0.2, 0.25) is 5.04 Å². The van der Waals surface area contributed by atoms with Crippen LogP contribution in [-0.4, -0.2) is 54.7 Å². The first kappa shape index (κ1) is 34.1. The van der Waals surface area contributed by atoms with Crippen molar-refractivity contribution in [1.82, 2.24) is 0 Å². The third-order valence-corrected chi connectivity index (χ3v) is 13.6. The first-order chi connectivity index (χ1) is 20.0. The number of hydrogen-bond acceptors (Lipinski definition) is 6. The molecule has 1 aliphatic rings. The van der Waals surface area contributed by atoms with Crippen LogP contribution >= 0.6 is 11.8 Å². The van der Waals surface area contributed by atoms with E-state index in [4.69, 9.17) is 9.47 Å². The topological polar surface area (TPSA) is 76.0 Å². The van der Waals surface area contributed by atoms with Crippen molar-refractivity contribution in [3.05, 3.63) is 95.6 Å². The molecule has 7 heteroatoms. The molecule has 0 spiro atoms. The number of hydrogen-bond donors (Lipinski definition) is 2. The second-order valence-electron chi connectivity index (χ2n) is 12.0. The molecule has 42 heavy (non-hydrogen) atoms. The van der Waals surface area contributed by atoms with Gasteiger partial charge in [0, 0.05) is 17.9 Å². The van der Waals surface area contributed by atoms with E-state index >= 15 is 0 Å². The highest BCUT2D eigenvalue weighted by Gasteiger charge is 2.51. The fourth-order valence-corrected chi connectivity index (χ4v) is 9.90. The number of esters is 1. The summed E-state index contributed by atoms with van der Waals surface area (Å²) in [6, 6.07) is 20.0. The zero-order valence-corrected chi connectivity index (χ0v) is 28.0. The molecule has 2 aromatic carbocycles. The van der Waals surface area contributed by atoms with Gasteiger partial charge in [0.1, 0.15) is 6.10 Å². The molecule has 2 N–H and O–H groups in total. The quantitative estimate of drug-likeness (QED) is 0.154. The molecular formula is C35H48O5SSi. The van der Waals surface area contributed by atoms with Crippen molar-refractivity contribution in [3.8, 4) is 0 Å². The number of carbonyl (C=O) groups excluding carboxylic acids is 1. The summed E-state index contributed by atoms with van der Waals surface area (Å²) in [5.41, 5.74) is 2.48. The van der Waals surface area contributed by atoms with Crippen molar-refractivity contribution >= 4 is 36.4 Å². The third kappa shape index (κ3) is 7.94. The maximum atomic E-state index is 12.9. The molecule has 1 aliphatic heterocycles. The van der Waals surface area contributed by atoms with E-state index in [0.717, 1.165) is 21.5 Å². The average Bonchev–Trinajstić information content (AvgIpc) is 3.00. The molecular weight excluding hydrogens is 561 g/mol. The van der Waals surface area contributed by atoms with Gasteiger partial charge in [-0.25, -0.2) is 4.79 Å². The van der Waals surface area contributed by atoms with Gasteiger partial charge in [0.15, 0.2) is 0 Å². The normalized spacial score (nSPS) is 25.7. The van der Waals surface area contributed by atoms with E-state index in [1.165, 1.54) is 0 Å². The van der Waals surface area contributed by atoms with Crippen LogP contribution < -0.4 is 10.4 Å². The smallest absolute Gasteiger partial charge is 0.333 e. The van der Waals surface area contributed by atoms with Gasteiger partial charge in [0.25, 0.3) is 8.32 Å². The monoisotopic (exact) mass is 608 g/mol. The fraction of sp³-hybridized carbons (Fsp3) is 0.457. The number of aliphatic hydroxyl groups excluding tert-OH is 1. The molecule has 0 fully saturated rings. The summed E-state index contributed by atoms with van der Waals surface area (Å²) in [4.78, 5) is 25.7. The number of carbonyl (C=O) groups is 1. The largest absolute Gasteiger partial charge is 0.454 e. The minimum absolute atomic E-state index is 0.297. The lowest BCUT2D eigenvalue weighted by molar-refractivity contribution is -0.142. The van der Waals surface area contributed by atoms with Crippen LogP contribution in [0.4, 0.5) is 0 Å². The summed E-state index contributed by atoms with van der Waals surface area (Å²) in [5.74, 6) is -0.230. The van der Waals surface area contributed by atoms with Crippen molar-refractivity contribution in [3.63, 3.8) is 0 Å². The Balaban J connectivity index is 2.13. The molecule has 1 unspecified atom stereocenters. The molecule has 1 heterocycles. The molecule has 0 saturated heterocycles. The van der Waals surface area contributed by atoms with E-state index in [1.807, 2.05) is 99.8 Å². The van der Waals surface area contributed by atoms with Crippen LogP contribution in [0.25, 0.3) is 0 Å². The number of ether oxygens (including phenoxy) is 2. The summed E-state index contributed by atoms with van der Waals surface area (Å²) in [7, 11) is -3.32. The van der Waals surface area contributed by atoms with Crippen molar-refractivity contribution in [1.29, 1.82) is 0 Å². The first-order valence-corrected chi connectivity index (χ1v) is 18.1. The molecule has 228 valence electrons. The van der Waals surface area contributed by atoms with Crippen LogP contribution in [0.5, 0.6) is 0 Å². The number of benzene rings is 2. The van der Waals surface area contributed by atoms with Gasteiger partial charge >= 0.3 is 5.97 Å². The zero-order chi connectivity index (χ0) is 30.9. The van der Waals surface area contributed by atoms with E-state index in [2.05, 4.69) is 19.9 Å². The van der Waals surface area contributed by atoms with Gasteiger partial charge in [-0.05, 0) is 67.8 Å². The average molecular weight is 609 g/mol. The number of aliphatic hydroxyl groups is 1. The van der Waals surface area contributed by atoms with E-state index < -0.39 is 31.7 Å². The Kier molecular flexibility index (Phi) is 12.4. The Labute approximate surface area is 257 Å². The first-order valence-electron chi connectivity index (χ1n) is 14.8. The summed E-state index contributed by atoms with van der Waals surface area (Å²) in [5, 5.41) is 13.4. The Hall–Kier alpha value is -2.42. The minimum Gasteiger partial charge on any atom is -0.454 e. The molecule has 5 nitrogen and oxygen atoms in total. The van der Waals surface area contributed by atoms with E-state index in [-0.39, 0.29) is 11.9 Å². The third-order valence-electron chi connectivity index (χ3n) is 8.72. The fourth-order valence-electron chi connectivity index (χ4n) is 5.83. The maximum Gasteiger partial charge on any atom is 0.333 e. The Morgan fingerprint density at radius 2 is 1.62 bits per heavy atom. The Morgan fingerprint density at radius 1 is 1.05 bits per heavy atom. The van der Waals surface area contributed by atoms with E-state index in [0.29, 0.717) is 30.8 Å². The lowest BCUT2D eigenvalue weighted by atomic mass is 9.82. The van der Waals surface area contributed by atoms with Crippen LogP contribution in [0, 0.1) is 5.92 Å². The highest BCUT2D eigenvalue weighted by atomic mass is 32.2. The number of cyclic esters (lactones) is 1. The van der Waals surface area contributed by atoms with Crippen molar-refractivity contribution < 1.29 is 24.2 Å². The summed E-state index contributed by atoms with van der Waals surface area (Å²) in [6.07, 6.45) is 7.48. The molecule has 0 bridgehead atoms. The molecule has 4 atom stereocenters. The molecule has 0 saturated carbocycles. The van der Waals surface area contributed by atoms with Gasteiger partial charge in [-0.1, -0.05) is 98.3 Å². The predicted octanol–water partition coefficient (Wildman–Crippen LogP) is 6.16. The number of allylic oxidation sites excluding steroid dienone is 1. The number of thioether (sulfide) groups is 1. The van der Waals surface area contributed by atoms with Gasteiger partial charge in [0.2, 0.25) is 0 Å². The molecule has 3 rings (SSSR count). The zero-order valence-electron chi connectivity index (χ0n) is 26.2. The predicted molar refractivity (Wildman–Crippen MR) is 178 cm³/mol. The standard InChI is InChI=1S/C35H48O5SSi/c1-8-25(2)31-21-19-26(3)30(33(36)32(39-24-41-7)22-20-27(4)34(37)40-31)23-35(5,6)42(38,28-15-11-9-12-16-28)29-17-13-10-14-18-29/h8-20,30-33,36,38H,21-24H2,1-7H3/b25-8-,26-19+,27-20-/t30-,31-,32?,33+/m1/s1. The summed E-state index contributed by atoms with van der Waals surface area (Å²) >= 11 is 1.55. The van der Waals surface area contributed by atoms with Crippen molar-refractivity contribution in [2.45, 2.75) is 84.2 Å². The van der Waals surface area contributed by atoms with E-state index in [9.17, 15) is 14.7 Å². The summed E-state index contributed by atoms with van der Waals surface area (Å²) in [6.45, 7) is 12.0. The SMILES string of the molecule is C/C=C(/C)[C@H]1C/C=C(\C)[C@@H](CC(C)(C)[Si](O)(c2ccccc2)c2ccccc2)[C@H](O)C(OCSC)C/C=C(/C)C(=O)O1. The van der Waals surface area contributed by atoms with Crippen LogP contribution in [0.1, 0.15) is 60.8 Å². The maximum absolute atomic E-state index is 12.9. The summed E-state index contributed by atoms with van der Waals surface area (Å²) < 4.78 is 12.1. The van der Waals surface area contributed by atoms with Crippen molar-refractivity contribution in [2.24, 2.45) is 5.92 Å². The molecule has 0 radical (unpaired) electrons. The lowest BCUT2D eigenvalue weighted by Crippen LogP contribution is -2.66. The second kappa shape index (κ2) is 15.3. The molecule has 0 aliphatic carbocycles. The van der Waals surface area contributed by atoms with Gasteiger partial charge in [-0.3, -0.25) is 0 Å². The van der Waals surface area contributed by atoms with E-state index in [1.54, 1.807) is 18.7 Å². The highest BCUT2D eigenvalue weighted by Crippen LogP contribution is 2.45. The molecule has 0 aromatic heterocycles. The molecule has 2 aromatic rings. The van der Waals surface area contributed by atoms with Crippen LogP contribution in [-0.2, 0) is 14.3 Å². The minimum atomic E-state index is -3.32. The van der Waals surface area contributed by atoms with Gasteiger partial charge in [-0.15, -0.1) is 11.8 Å². The van der Waals surface area contributed by atoms with Gasteiger partial charge in [-0.2, -0.15) is 0 Å². The van der Waals surface area contributed by atoms with Crippen LogP contribution in [0.15, 0.2) is 95.6 Å².